The number of hydrogen-bond acceptors (Lipinski definition) is 11. The van der Waals surface area contributed by atoms with Crippen LogP contribution in [0.3, 0.4) is 0 Å². The molecular weight excluding hydrogens is 420 g/mol. The normalized spacial score (nSPS) is 20.8. The summed E-state index contributed by atoms with van der Waals surface area (Å²) in [7, 11) is -4.97. The summed E-state index contributed by atoms with van der Waals surface area (Å²) < 4.78 is 49.1. The summed E-state index contributed by atoms with van der Waals surface area (Å²) >= 11 is 0.914. The summed E-state index contributed by atoms with van der Waals surface area (Å²) in [6.45, 7) is -0.512. The maximum absolute atomic E-state index is 12.7. The zero-order valence-electron chi connectivity index (χ0n) is 16.3. The van der Waals surface area contributed by atoms with E-state index in [-0.39, 0.29) is 10.8 Å². The lowest BCUT2D eigenvalue weighted by Gasteiger charge is -2.50. The van der Waals surface area contributed by atoms with Gasteiger partial charge in [0.15, 0.2) is 16.6 Å². The number of Topliss-reactive ketones (excluding diaryl/α,β-unsaturated/α-hetero) is 1. The van der Waals surface area contributed by atoms with Gasteiger partial charge in [0.2, 0.25) is 6.56 Å². The van der Waals surface area contributed by atoms with Gasteiger partial charge in [-0.2, -0.15) is 13.5 Å². The quantitative estimate of drug-likeness (QED) is 0.193. The van der Waals surface area contributed by atoms with Crippen LogP contribution in [-0.4, -0.2) is 63.6 Å². The molecule has 0 aromatic carbocycles. The second-order valence-corrected chi connectivity index (χ2v) is 7.87. The number of nitrogen functional groups attached to an aromatic ring is 1. The van der Waals surface area contributed by atoms with Crippen LogP contribution in [0.1, 0.15) is 28.7 Å². The lowest BCUT2D eigenvalue weighted by atomic mass is 9.74. The fourth-order valence-corrected chi connectivity index (χ4v) is 3.40. The smallest absolute Gasteiger partial charge is 0.418 e. The van der Waals surface area contributed by atoms with Gasteiger partial charge < -0.3 is 15.7 Å². The molecule has 154 valence electrons. The van der Waals surface area contributed by atoms with Crippen LogP contribution in [0.15, 0.2) is 10.5 Å². The van der Waals surface area contributed by atoms with Gasteiger partial charge in [-0.15, -0.1) is 15.6 Å². The highest BCUT2D eigenvalue weighted by molar-refractivity contribution is 7.80. The number of hydroxylamine groups is 2. The van der Waals surface area contributed by atoms with Crippen molar-refractivity contribution in [2.45, 2.75) is 25.8 Å². The SMILES string of the molecule is [2H]C([2H])(O/N=C(\C(=O)C[C@@H]1C(=O)N(OS(=O)(=O)O)C1(C)C)c1csc(N)n1)C(=O)O. The number of carbonyl (C=O) groups excluding carboxylic acids is 2. The molecule has 13 nitrogen and oxygen atoms in total. The Morgan fingerprint density at radius 2 is 2.18 bits per heavy atom. The number of hydrogen-bond donors (Lipinski definition) is 3. The molecule has 2 rings (SSSR count). The van der Waals surface area contributed by atoms with E-state index in [0.29, 0.717) is 5.06 Å². The number of carbonyl (C=O) groups is 3. The predicted molar refractivity (Wildman–Crippen MR) is 93.3 cm³/mol. The second-order valence-electron chi connectivity index (χ2n) is 5.98. The molecule has 28 heavy (non-hydrogen) atoms. The number of nitrogens with two attached hydrogens (primary N) is 1. The van der Waals surface area contributed by atoms with E-state index in [1.54, 1.807) is 0 Å². The fraction of sp³-hybridized carbons (Fsp3) is 0.462. The van der Waals surface area contributed by atoms with Gasteiger partial charge in [-0.25, -0.2) is 9.78 Å². The summed E-state index contributed by atoms with van der Waals surface area (Å²) in [4.78, 5) is 43.9. The molecule has 0 unspecified atom stereocenters. The second kappa shape index (κ2) is 7.78. The molecule has 1 fully saturated rings. The van der Waals surface area contributed by atoms with Gasteiger partial charge in [0.1, 0.15) is 5.69 Å². The minimum Gasteiger partial charge on any atom is -0.479 e. The third-order valence-corrected chi connectivity index (χ3v) is 4.74. The molecule has 0 spiro atoms. The number of thiazole rings is 1. The van der Waals surface area contributed by atoms with E-state index in [2.05, 4.69) is 19.3 Å². The molecule has 15 heteroatoms. The first-order valence-corrected chi connectivity index (χ1v) is 9.56. The Morgan fingerprint density at radius 1 is 1.54 bits per heavy atom. The zero-order valence-corrected chi connectivity index (χ0v) is 16.0. The Hall–Kier alpha value is -2.62. The van der Waals surface area contributed by atoms with E-state index in [9.17, 15) is 22.8 Å². The van der Waals surface area contributed by atoms with Crippen LogP contribution in [0.2, 0.25) is 0 Å². The van der Waals surface area contributed by atoms with Crippen LogP contribution < -0.4 is 5.73 Å². The Labute approximate surface area is 165 Å². The maximum atomic E-state index is 12.7. The number of anilines is 1. The molecule has 1 aliphatic rings. The summed E-state index contributed by atoms with van der Waals surface area (Å²) in [5, 5.41) is 13.7. The molecule has 0 bridgehead atoms. The van der Waals surface area contributed by atoms with Crippen molar-refractivity contribution in [3.63, 3.8) is 0 Å². The number of oxime groups is 1. The summed E-state index contributed by atoms with van der Waals surface area (Å²) in [6, 6.07) is 0. The fourth-order valence-electron chi connectivity index (χ4n) is 2.39. The van der Waals surface area contributed by atoms with Gasteiger partial charge in [0.25, 0.3) is 5.91 Å². The van der Waals surface area contributed by atoms with E-state index in [4.69, 9.17) is 18.1 Å². The Balaban J connectivity index is 2.27. The van der Waals surface area contributed by atoms with Crippen molar-refractivity contribution >= 4 is 50.2 Å². The first kappa shape index (κ1) is 18.7. The highest BCUT2D eigenvalue weighted by atomic mass is 32.3. The van der Waals surface area contributed by atoms with E-state index < -0.39 is 58.2 Å². The Kier molecular flexibility index (Phi) is 5.21. The molecule has 1 atom stereocenters. The monoisotopic (exact) mass is 438 g/mol. The van der Waals surface area contributed by atoms with Crippen molar-refractivity contribution in [1.29, 1.82) is 0 Å². The highest BCUT2D eigenvalue weighted by Crippen LogP contribution is 2.40. The van der Waals surface area contributed by atoms with E-state index >= 15 is 0 Å². The van der Waals surface area contributed by atoms with Crippen molar-refractivity contribution in [2.24, 2.45) is 11.1 Å². The molecule has 1 aromatic heterocycles. The Morgan fingerprint density at radius 3 is 2.64 bits per heavy atom. The molecule has 1 saturated heterocycles. The summed E-state index contributed by atoms with van der Waals surface area (Å²) in [6.07, 6.45) is -0.563. The number of carboxylic acids is 1. The van der Waals surface area contributed by atoms with Gasteiger partial charge in [-0.1, -0.05) is 5.16 Å². The minimum atomic E-state index is -4.97. The van der Waals surface area contributed by atoms with Crippen molar-refractivity contribution in [3.8, 4) is 0 Å². The summed E-state index contributed by atoms with van der Waals surface area (Å²) in [5.74, 6) is -4.92. The van der Waals surface area contributed by atoms with Gasteiger partial charge >= 0.3 is 16.4 Å². The number of β-lactam (4-membered cyclic amide) rings is 1. The summed E-state index contributed by atoms with van der Waals surface area (Å²) in [5.41, 5.74) is 3.44. The van der Waals surface area contributed by atoms with Crippen LogP contribution in [0, 0.1) is 5.92 Å². The number of amides is 1. The van der Waals surface area contributed by atoms with E-state index in [1.165, 1.54) is 19.2 Å². The molecular formula is C13H16N4O9S2. The van der Waals surface area contributed by atoms with Gasteiger partial charge in [0.05, 0.1) is 14.2 Å². The van der Waals surface area contributed by atoms with Crippen LogP contribution in [-0.2, 0) is 33.9 Å². The van der Waals surface area contributed by atoms with Crippen molar-refractivity contribution in [3.05, 3.63) is 11.1 Å². The molecule has 1 aliphatic heterocycles. The number of aliphatic carboxylic acids is 1. The molecule has 0 aliphatic carbocycles. The average Bonchev–Trinajstić information content (AvgIpc) is 3.02. The molecule has 1 amide bonds. The topological polar surface area (TPSA) is 199 Å². The minimum absolute atomic E-state index is 0.0273. The lowest BCUT2D eigenvalue weighted by molar-refractivity contribution is -0.228. The van der Waals surface area contributed by atoms with Crippen LogP contribution >= 0.6 is 11.3 Å². The number of aromatic nitrogens is 1. The van der Waals surface area contributed by atoms with Crippen LogP contribution in [0.5, 0.6) is 0 Å². The molecule has 2 heterocycles. The first-order valence-electron chi connectivity index (χ1n) is 8.31. The van der Waals surface area contributed by atoms with Crippen molar-refractivity contribution in [2.75, 3.05) is 12.3 Å². The highest BCUT2D eigenvalue weighted by Gasteiger charge is 2.57. The van der Waals surface area contributed by atoms with Gasteiger partial charge in [-0.05, 0) is 13.8 Å². The van der Waals surface area contributed by atoms with Crippen LogP contribution in [0.25, 0.3) is 0 Å². The number of rotatable bonds is 9. The maximum Gasteiger partial charge on any atom is 0.418 e. The van der Waals surface area contributed by atoms with Crippen LogP contribution in [0.4, 0.5) is 5.13 Å². The third kappa shape index (κ3) is 4.80. The van der Waals surface area contributed by atoms with Crippen molar-refractivity contribution in [1.82, 2.24) is 10.0 Å². The Bertz CT molecular complexity index is 1020. The first-order chi connectivity index (χ1) is 13.6. The van der Waals surface area contributed by atoms with Gasteiger partial charge in [-0.3, -0.25) is 14.1 Å². The number of ketones is 1. The number of carboxylic acid groups (broad SMARTS) is 1. The zero-order chi connectivity index (χ0) is 23.1. The van der Waals surface area contributed by atoms with E-state index in [1.807, 2.05) is 0 Å². The number of nitrogens with zero attached hydrogens (tertiary/aromatic N) is 3. The molecule has 4 N–H and O–H groups in total. The molecule has 1 aromatic rings. The molecule has 0 saturated carbocycles. The van der Waals surface area contributed by atoms with Crippen molar-refractivity contribution < 1.29 is 44.3 Å². The largest absolute Gasteiger partial charge is 0.479 e. The third-order valence-electron chi connectivity index (χ3n) is 3.73. The molecule has 0 radical (unpaired) electrons. The predicted octanol–water partition coefficient (Wildman–Crippen LogP) is -0.539. The average molecular weight is 438 g/mol. The lowest BCUT2D eigenvalue weighted by Crippen LogP contribution is -2.68. The standard InChI is InChI=1S/C13H16N4O9S2/c1-13(2)6(11(21)17(13)26-28(22,23)24)3-8(18)10(16-25-4-9(19)20)7-5-27-12(14)15-7/h5-6H,3-4H2,1-2H3,(H2,14,15)(H,19,20)(H,22,23,24)/b16-10-/t6-/m1/s1/i4D2. The van der Waals surface area contributed by atoms with E-state index in [0.717, 1.165) is 11.3 Å². The van der Waals surface area contributed by atoms with Gasteiger partial charge in [0, 0.05) is 11.8 Å².